The van der Waals surface area contributed by atoms with E-state index in [0.717, 1.165) is 25.0 Å². The number of amides is 3. The molecule has 1 spiro atoms. The number of hydrogen-bond donors (Lipinski definition) is 1. The third-order valence-corrected chi connectivity index (χ3v) is 15.2. The molecule has 6 rings (SSSR count). The van der Waals surface area contributed by atoms with Crippen LogP contribution >= 0.6 is 0 Å². The van der Waals surface area contributed by atoms with Crippen LogP contribution in [0.4, 0.5) is 17.1 Å². The maximum atomic E-state index is 14.8. The molecule has 3 aromatic rings. The predicted molar refractivity (Wildman–Crippen MR) is 190 cm³/mol. The van der Waals surface area contributed by atoms with E-state index in [1.165, 1.54) is 5.19 Å². The molecule has 3 heterocycles. The topological polar surface area (TPSA) is 99.6 Å². The highest BCUT2D eigenvalue weighted by molar-refractivity contribution is 6.91. The van der Waals surface area contributed by atoms with E-state index >= 15 is 0 Å². The van der Waals surface area contributed by atoms with Gasteiger partial charge in [0.1, 0.15) is 5.75 Å². The molecule has 10 heteroatoms. The highest BCUT2D eigenvalue weighted by atomic mass is 28.3. The highest BCUT2D eigenvalue weighted by Crippen LogP contribution is 2.60. The van der Waals surface area contributed by atoms with Crippen molar-refractivity contribution in [2.24, 2.45) is 5.92 Å². The lowest BCUT2D eigenvalue weighted by Gasteiger charge is -2.37. The number of methoxy groups -OCH3 is 1. The van der Waals surface area contributed by atoms with Crippen molar-refractivity contribution in [3.63, 3.8) is 0 Å². The molecule has 48 heavy (non-hydrogen) atoms. The van der Waals surface area contributed by atoms with Crippen molar-refractivity contribution in [2.75, 3.05) is 36.6 Å². The molecule has 5 atom stereocenters. The third-order valence-electron chi connectivity index (χ3n) is 10.8. The van der Waals surface area contributed by atoms with Crippen LogP contribution in [0.1, 0.15) is 31.7 Å². The minimum Gasteiger partial charge on any atom is -0.497 e. The number of carbonyl (C=O) groups excluding carboxylic acids is 3. The molecule has 3 aliphatic rings. The summed E-state index contributed by atoms with van der Waals surface area (Å²) in [5.74, 6) is 0.193. The summed E-state index contributed by atoms with van der Waals surface area (Å²) in [5, 5.41) is 11.2. The zero-order chi connectivity index (χ0) is 34.2. The molecule has 0 saturated carbocycles. The van der Waals surface area contributed by atoms with Crippen LogP contribution in [0, 0.1) is 5.92 Å². The minimum absolute atomic E-state index is 0.0658. The fourth-order valence-electron chi connectivity index (χ4n) is 8.46. The Balaban J connectivity index is 1.49. The Labute approximate surface area is 283 Å². The van der Waals surface area contributed by atoms with Crippen LogP contribution in [0.3, 0.4) is 0 Å². The Morgan fingerprint density at radius 2 is 1.85 bits per heavy atom. The van der Waals surface area contributed by atoms with Gasteiger partial charge in [-0.25, -0.2) is 0 Å². The number of aliphatic hydroxyl groups is 1. The van der Waals surface area contributed by atoms with Gasteiger partial charge in [-0.1, -0.05) is 61.6 Å². The van der Waals surface area contributed by atoms with Gasteiger partial charge in [-0.05, 0) is 60.8 Å². The van der Waals surface area contributed by atoms with E-state index in [1.807, 2.05) is 60.7 Å². The van der Waals surface area contributed by atoms with Crippen molar-refractivity contribution >= 4 is 48.5 Å². The predicted octanol–water partition coefficient (Wildman–Crippen LogP) is 5.11. The summed E-state index contributed by atoms with van der Waals surface area (Å²) in [4.78, 5) is 46.4. The Morgan fingerprint density at radius 3 is 2.50 bits per heavy atom. The van der Waals surface area contributed by atoms with Crippen LogP contribution in [0.15, 0.2) is 85.5 Å². The summed E-state index contributed by atoms with van der Waals surface area (Å²) in [6.45, 7) is 11.4. The number of fused-ring (bicyclic) bond motifs is 2. The second-order valence-corrected chi connectivity index (χ2v) is 18.3. The molecule has 3 aromatic carbocycles. The average molecular weight is 668 g/mol. The Hall–Kier alpha value is -4.25. The van der Waals surface area contributed by atoms with Gasteiger partial charge in [-0.15, -0.1) is 6.58 Å². The lowest BCUT2D eigenvalue weighted by atomic mass is 9.82. The van der Waals surface area contributed by atoms with E-state index in [4.69, 9.17) is 9.47 Å². The molecule has 0 aliphatic carbocycles. The zero-order valence-corrected chi connectivity index (χ0v) is 29.2. The number of para-hydroxylation sites is 1. The van der Waals surface area contributed by atoms with Crippen molar-refractivity contribution in [3.8, 4) is 5.75 Å². The van der Waals surface area contributed by atoms with Crippen LogP contribution in [-0.2, 0) is 24.7 Å². The largest absolute Gasteiger partial charge is 0.497 e. The van der Waals surface area contributed by atoms with E-state index in [-0.39, 0.29) is 42.3 Å². The molecular weight excluding hydrogens is 623 g/mol. The van der Waals surface area contributed by atoms with Gasteiger partial charge in [-0.2, -0.15) is 0 Å². The molecule has 9 nitrogen and oxygen atoms in total. The molecule has 2 saturated heterocycles. The molecule has 3 aliphatic heterocycles. The number of nitrogens with zero attached hydrogens (tertiary/aromatic N) is 3. The number of rotatable bonds is 11. The van der Waals surface area contributed by atoms with Gasteiger partial charge in [0.15, 0.2) is 5.60 Å². The summed E-state index contributed by atoms with van der Waals surface area (Å²) in [5.41, 5.74) is 1.20. The normalized spacial score (nSPS) is 25.0. The smallest absolute Gasteiger partial charge is 0.264 e. The summed E-state index contributed by atoms with van der Waals surface area (Å²) < 4.78 is 12.6. The van der Waals surface area contributed by atoms with Gasteiger partial charge in [0.05, 0.1) is 46.0 Å². The van der Waals surface area contributed by atoms with Crippen LogP contribution in [0.5, 0.6) is 5.75 Å². The third kappa shape index (κ3) is 5.45. The van der Waals surface area contributed by atoms with Crippen LogP contribution < -0.4 is 19.7 Å². The highest BCUT2D eigenvalue weighted by Gasteiger charge is 2.66. The van der Waals surface area contributed by atoms with Crippen LogP contribution in [-0.4, -0.2) is 75.3 Å². The van der Waals surface area contributed by atoms with Crippen molar-refractivity contribution in [2.45, 2.75) is 62.6 Å². The molecule has 0 unspecified atom stereocenters. The first kappa shape index (κ1) is 33.6. The monoisotopic (exact) mass is 667 g/mol. The van der Waals surface area contributed by atoms with Crippen molar-refractivity contribution in [1.82, 2.24) is 4.90 Å². The van der Waals surface area contributed by atoms with Gasteiger partial charge in [0, 0.05) is 35.9 Å². The first-order valence-electron chi connectivity index (χ1n) is 16.7. The van der Waals surface area contributed by atoms with E-state index < -0.39 is 19.8 Å². The summed E-state index contributed by atoms with van der Waals surface area (Å²) in [6.07, 6.45) is 3.64. The maximum absolute atomic E-state index is 14.8. The molecule has 3 amide bonds. The average Bonchev–Trinajstić information content (AvgIpc) is 3.76. The molecule has 0 radical (unpaired) electrons. The Bertz CT molecular complexity index is 1680. The van der Waals surface area contributed by atoms with Gasteiger partial charge in [-0.3, -0.25) is 19.3 Å². The number of aliphatic hydroxyl groups excluding tert-OH is 1. The standard InChI is InChI=1S/C38H45N3O6Si/c1-6-20-40-33-19-14-28(41(25-43)27-11-8-7-9-12-27)22-32(33)38(37(40)45)26(2)36(48(4,5)31-17-15-30(46-3)16-18-31)34(47-38)23-35(44)39-21-10-13-29(39)24-42/h6-9,11-12,14-19,22,25-26,29,34,36,42H,1,10,13,20-21,23-24H2,2-5H3/t26-,29+,34+,36-,38+/m1/s1. The molecule has 0 aromatic heterocycles. The van der Waals surface area contributed by atoms with Gasteiger partial charge < -0.3 is 24.4 Å². The summed E-state index contributed by atoms with van der Waals surface area (Å²) in [7, 11) is -0.835. The lowest BCUT2D eigenvalue weighted by Crippen LogP contribution is -2.52. The van der Waals surface area contributed by atoms with Crippen molar-refractivity contribution in [1.29, 1.82) is 0 Å². The number of hydrogen-bond acceptors (Lipinski definition) is 6. The molecule has 252 valence electrons. The summed E-state index contributed by atoms with van der Waals surface area (Å²) >= 11 is 0. The maximum Gasteiger partial charge on any atom is 0.264 e. The number of ether oxygens (including phenoxy) is 2. The van der Waals surface area contributed by atoms with E-state index in [9.17, 15) is 19.5 Å². The zero-order valence-electron chi connectivity index (χ0n) is 28.2. The van der Waals surface area contributed by atoms with Crippen molar-refractivity contribution in [3.05, 3.63) is 91.0 Å². The first-order valence-corrected chi connectivity index (χ1v) is 19.8. The SMILES string of the molecule is C=CCN1C(=O)[C@@]2(O[C@@H](CC(=O)N3CCC[C@H]3CO)[C@H]([Si](C)(C)c3ccc(OC)cc3)[C@H]2C)c2cc(N(C=O)c3ccccc3)ccc21. The molecular formula is C38H45N3O6Si. The lowest BCUT2D eigenvalue weighted by molar-refractivity contribution is -0.149. The number of likely N-dealkylation sites (tertiary alicyclic amines) is 1. The molecule has 1 N–H and O–H groups in total. The Kier molecular flexibility index (Phi) is 9.35. The fourth-order valence-corrected chi connectivity index (χ4v) is 12.5. The van der Waals surface area contributed by atoms with E-state index in [2.05, 4.69) is 38.7 Å². The van der Waals surface area contributed by atoms with Crippen LogP contribution in [0.2, 0.25) is 18.6 Å². The van der Waals surface area contributed by atoms with Crippen molar-refractivity contribution < 1.29 is 29.0 Å². The second kappa shape index (κ2) is 13.3. The molecule has 0 bridgehead atoms. The number of anilines is 3. The second-order valence-electron chi connectivity index (χ2n) is 13.6. The van der Waals surface area contributed by atoms with E-state index in [1.54, 1.807) is 27.9 Å². The minimum atomic E-state index is -2.48. The fraction of sp³-hybridized carbons (Fsp3) is 0.395. The Morgan fingerprint density at radius 1 is 1.12 bits per heavy atom. The van der Waals surface area contributed by atoms with E-state index in [0.29, 0.717) is 35.7 Å². The molecule has 2 fully saturated rings. The quantitative estimate of drug-likeness (QED) is 0.173. The van der Waals surface area contributed by atoms with Gasteiger partial charge >= 0.3 is 0 Å². The summed E-state index contributed by atoms with van der Waals surface area (Å²) in [6, 6.07) is 22.9. The number of benzene rings is 3. The van der Waals surface area contributed by atoms with Gasteiger partial charge in [0.25, 0.3) is 5.91 Å². The van der Waals surface area contributed by atoms with Gasteiger partial charge in [0.2, 0.25) is 12.3 Å². The van der Waals surface area contributed by atoms with Crippen LogP contribution in [0.25, 0.3) is 0 Å². The number of carbonyl (C=O) groups is 3. The first-order chi connectivity index (χ1) is 23.1.